The molecule has 2 nitrogen and oxygen atoms in total. The van der Waals surface area contributed by atoms with Gasteiger partial charge in [-0.2, -0.15) is 0 Å². The van der Waals surface area contributed by atoms with Crippen LogP contribution in [0.3, 0.4) is 0 Å². The molecule has 0 saturated heterocycles. The molecular weight excluding hydrogens is 250 g/mol. The summed E-state index contributed by atoms with van der Waals surface area (Å²) in [7, 11) is 0. The van der Waals surface area contributed by atoms with E-state index in [1.165, 1.54) is 0 Å². The van der Waals surface area contributed by atoms with Crippen LogP contribution in [0.15, 0.2) is 42.5 Å². The number of carbonyl (C=O) groups is 1. The lowest BCUT2D eigenvalue weighted by Crippen LogP contribution is -2.03. The molecule has 2 aromatic carbocycles. The lowest BCUT2D eigenvalue weighted by Gasteiger charge is -2.06. The first-order chi connectivity index (χ1) is 9.10. The van der Waals surface area contributed by atoms with E-state index in [1.54, 1.807) is 24.3 Å². The lowest BCUT2D eigenvalue weighted by molar-refractivity contribution is 0.103. The van der Waals surface area contributed by atoms with Gasteiger partial charge in [0.2, 0.25) is 0 Å². The third-order valence-corrected chi connectivity index (χ3v) is 2.53. The van der Waals surface area contributed by atoms with Crippen molar-refractivity contribution in [2.24, 2.45) is 0 Å². The van der Waals surface area contributed by atoms with Crippen LogP contribution < -0.4 is 4.74 Å². The van der Waals surface area contributed by atoms with Crippen LogP contribution in [0, 0.1) is 11.6 Å². The molecule has 19 heavy (non-hydrogen) atoms. The van der Waals surface area contributed by atoms with Crippen molar-refractivity contribution in [3.05, 3.63) is 65.2 Å². The molecule has 0 aliphatic heterocycles. The van der Waals surface area contributed by atoms with Gasteiger partial charge in [-0.1, -0.05) is 12.1 Å². The zero-order valence-electron chi connectivity index (χ0n) is 10.3. The second-order valence-electron chi connectivity index (χ2n) is 3.95. The Balaban J connectivity index is 2.35. The van der Waals surface area contributed by atoms with E-state index in [4.69, 9.17) is 4.74 Å². The van der Waals surface area contributed by atoms with Crippen molar-refractivity contribution < 1.29 is 18.3 Å². The topological polar surface area (TPSA) is 26.3 Å². The molecule has 0 fully saturated rings. The van der Waals surface area contributed by atoms with Crippen LogP contribution in [0.25, 0.3) is 0 Å². The number of halogens is 2. The Bertz CT molecular complexity index is 589. The Hall–Kier alpha value is -2.23. The molecule has 0 radical (unpaired) electrons. The molecule has 0 aliphatic rings. The van der Waals surface area contributed by atoms with E-state index in [-0.39, 0.29) is 5.56 Å². The standard InChI is InChI=1S/C15H12F2O2/c1-2-19-14-5-3-4-10(8-14)15(18)11-6-12(16)9-13(17)7-11/h3-9H,2H2,1H3. The Morgan fingerprint density at radius 1 is 1.05 bits per heavy atom. The van der Waals surface area contributed by atoms with Gasteiger partial charge in [0.1, 0.15) is 17.4 Å². The summed E-state index contributed by atoms with van der Waals surface area (Å²) in [5.41, 5.74) is 0.307. The van der Waals surface area contributed by atoms with Gasteiger partial charge in [0.15, 0.2) is 5.78 Å². The summed E-state index contributed by atoms with van der Waals surface area (Å²) in [6, 6.07) is 9.26. The maximum Gasteiger partial charge on any atom is 0.193 e. The predicted octanol–water partition coefficient (Wildman–Crippen LogP) is 3.59. The number of benzene rings is 2. The first-order valence-corrected chi connectivity index (χ1v) is 5.84. The minimum Gasteiger partial charge on any atom is -0.494 e. The van der Waals surface area contributed by atoms with Gasteiger partial charge in [0.05, 0.1) is 6.61 Å². The minimum absolute atomic E-state index is 0.0221. The van der Waals surface area contributed by atoms with Crippen LogP contribution >= 0.6 is 0 Å². The van der Waals surface area contributed by atoms with Gasteiger partial charge in [0, 0.05) is 17.2 Å². The average molecular weight is 262 g/mol. The van der Waals surface area contributed by atoms with Crippen LogP contribution in [-0.2, 0) is 0 Å². The highest BCUT2D eigenvalue weighted by molar-refractivity contribution is 6.09. The molecule has 0 unspecified atom stereocenters. The zero-order valence-corrected chi connectivity index (χ0v) is 10.3. The summed E-state index contributed by atoms with van der Waals surface area (Å²) in [5.74, 6) is -1.45. The molecule has 0 bridgehead atoms. The van der Waals surface area contributed by atoms with E-state index >= 15 is 0 Å². The van der Waals surface area contributed by atoms with Crippen molar-refractivity contribution >= 4 is 5.78 Å². The molecule has 0 aliphatic carbocycles. The summed E-state index contributed by atoms with van der Waals surface area (Å²) in [5, 5.41) is 0. The smallest absolute Gasteiger partial charge is 0.193 e. The van der Waals surface area contributed by atoms with Gasteiger partial charge in [-0.3, -0.25) is 4.79 Å². The first kappa shape index (κ1) is 13.2. The fraction of sp³-hybridized carbons (Fsp3) is 0.133. The summed E-state index contributed by atoms with van der Waals surface area (Å²) >= 11 is 0. The number of hydrogen-bond donors (Lipinski definition) is 0. The number of carbonyl (C=O) groups excluding carboxylic acids is 1. The van der Waals surface area contributed by atoms with Crippen LogP contribution in [0.2, 0.25) is 0 Å². The highest BCUT2D eigenvalue weighted by Crippen LogP contribution is 2.18. The van der Waals surface area contributed by atoms with Gasteiger partial charge in [0.25, 0.3) is 0 Å². The molecule has 0 amide bonds. The molecule has 2 aromatic rings. The molecule has 0 saturated carbocycles. The summed E-state index contributed by atoms with van der Waals surface area (Å²) < 4.78 is 31.5. The predicted molar refractivity (Wildman–Crippen MR) is 67.4 cm³/mol. The van der Waals surface area contributed by atoms with Crippen LogP contribution in [0.1, 0.15) is 22.8 Å². The molecule has 0 atom stereocenters. The summed E-state index contributed by atoms with van der Waals surface area (Å²) in [6.07, 6.45) is 0. The van der Waals surface area contributed by atoms with Crippen LogP contribution in [-0.4, -0.2) is 12.4 Å². The number of hydrogen-bond acceptors (Lipinski definition) is 2. The second kappa shape index (κ2) is 5.61. The zero-order chi connectivity index (χ0) is 13.8. The maximum atomic E-state index is 13.1. The van der Waals surface area contributed by atoms with E-state index in [9.17, 15) is 13.6 Å². The van der Waals surface area contributed by atoms with Crippen molar-refractivity contribution in [2.45, 2.75) is 6.92 Å². The Kier molecular flexibility index (Phi) is 3.90. The molecule has 2 rings (SSSR count). The number of ketones is 1. The van der Waals surface area contributed by atoms with Gasteiger partial charge in [-0.25, -0.2) is 8.78 Å². The Labute approximate surface area is 109 Å². The van der Waals surface area contributed by atoms with Crippen LogP contribution in [0.4, 0.5) is 8.78 Å². The molecule has 0 N–H and O–H groups in total. The van der Waals surface area contributed by atoms with Crippen molar-refractivity contribution in [1.82, 2.24) is 0 Å². The molecular formula is C15H12F2O2. The minimum atomic E-state index is -0.774. The highest BCUT2D eigenvalue weighted by atomic mass is 19.1. The first-order valence-electron chi connectivity index (χ1n) is 5.84. The Morgan fingerprint density at radius 3 is 2.37 bits per heavy atom. The average Bonchev–Trinajstić information content (AvgIpc) is 2.37. The van der Waals surface area contributed by atoms with E-state index in [2.05, 4.69) is 0 Å². The third-order valence-electron chi connectivity index (χ3n) is 2.53. The third kappa shape index (κ3) is 3.16. The monoisotopic (exact) mass is 262 g/mol. The lowest BCUT2D eigenvalue weighted by atomic mass is 10.0. The van der Waals surface area contributed by atoms with Crippen LogP contribution in [0.5, 0.6) is 5.75 Å². The van der Waals surface area contributed by atoms with Crippen molar-refractivity contribution in [3.63, 3.8) is 0 Å². The van der Waals surface area contributed by atoms with Crippen molar-refractivity contribution in [1.29, 1.82) is 0 Å². The number of ether oxygens (including phenoxy) is 1. The van der Waals surface area contributed by atoms with Crippen molar-refractivity contribution in [3.8, 4) is 5.75 Å². The van der Waals surface area contributed by atoms with E-state index in [0.29, 0.717) is 17.9 Å². The SMILES string of the molecule is CCOc1cccc(C(=O)c2cc(F)cc(F)c2)c1. The molecule has 98 valence electrons. The number of rotatable bonds is 4. The fourth-order valence-corrected chi connectivity index (χ4v) is 1.75. The summed E-state index contributed by atoms with van der Waals surface area (Å²) in [6.45, 7) is 2.31. The normalized spacial score (nSPS) is 10.3. The molecule has 0 spiro atoms. The highest BCUT2D eigenvalue weighted by Gasteiger charge is 2.12. The van der Waals surface area contributed by atoms with Gasteiger partial charge in [-0.15, -0.1) is 0 Å². The van der Waals surface area contributed by atoms with E-state index in [1.807, 2.05) is 6.92 Å². The van der Waals surface area contributed by atoms with E-state index < -0.39 is 17.4 Å². The fourth-order valence-electron chi connectivity index (χ4n) is 1.75. The van der Waals surface area contributed by atoms with Gasteiger partial charge < -0.3 is 4.74 Å². The molecule has 4 heteroatoms. The summed E-state index contributed by atoms with van der Waals surface area (Å²) in [4.78, 5) is 12.1. The van der Waals surface area contributed by atoms with Crippen molar-refractivity contribution in [2.75, 3.05) is 6.61 Å². The Morgan fingerprint density at radius 2 is 1.74 bits per heavy atom. The second-order valence-corrected chi connectivity index (χ2v) is 3.95. The van der Waals surface area contributed by atoms with E-state index in [0.717, 1.165) is 18.2 Å². The molecule has 0 heterocycles. The quantitative estimate of drug-likeness (QED) is 0.787. The van der Waals surface area contributed by atoms with Gasteiger partial charge in [-0.05, 0) is 31.2 Å². The largest absolute Gasteiger partial charge is 0.494 e. The van der Waals surface area contributed by atoms with Gasteiger partial charge >= 0.3 is 0 Å². The maximum absolute atomic E-state index is 13.1. The molecule has 0 aromatic heterocycles.